The molecule has 0 bridgehead atoms. The lowest BCUT2D eigenvalue weighted by Crippen LogP contribution is -2.03. The van der Waals surface area contributed by atoms with Crippen molar-refractivity contribution in [2.75, 3.05) is 14.2 Å². The minimum Gasteiger partial charge on any atom is -0.497 e. The normalized spacial score (nSPS) is 11.1. The molecular weight excluding hydrogens is 556 g/mol. The largest absolute Gasteiger partial charge is 0.497 e. The Kier molecular flexibility index (Phi) is 7.82. The Balaban J connectivity index is 1.49. The smallest absolute Gasteiger partial charge is 0.236 e. The fourth-order valence-electron chi connectivity index (χ4n) is 3.96. The van der Waals surface area contributed by atoms with Crippen LogP contribution in [0.1, 0.15) is 22.5 Å². The van der Waals surface area contributed by atoms with Crippen LogP contribution in [0.2, 0.25) is 10.0 Å². The maximum atomic E-state index is 14.1. The Morgan fingerprint density at radius 2 is 1.75 bits per heavy atom. The highest BCUT2D eigenvalue weighted by Gasteiger charge is 2.15. The van der Waals surface area contributed by atoms with E-state index in [1.54, 1.807) is 48.2 Å². The average Bonchev–Trinajstić information content (AvgIpc) is 3.29. The summed E-state index contributed by atoms with van der Waals surface area (Å²) in [5.41, 5.74) is 2.69. The number of nitrogens with zero attached hydrogens (tertiary/aromatic N) is 5. The lowest BCUT2D eigenvalue weighted by Gasteiger charge is -2.11. The van der Waals surface area contributed by atoms with Crippen LogP contribution in [0.5, 0.6) is 23.1 Å². The Labute approximate surface area is 238 Å². The van der Waals surface area contributed by atoms with Crippen LogP contribution in [0.4, 0.5) is 4.39 Å². The van der Waals surface area contributed by atoms with Gasteiger partial charge >= 0.3 is 0 Å². The van der Waals surface area contributed by atoms with Gasteiger partial charge in [-0.05, 0) is 60.2 Å². The molecule has 40 heavy (non-hydrogen) atoms. The van der Waals surface area contributed by atoms with E-state index in [4.69, 9.17) is 37.4 Å². The van der Waals surface area contributed by atoms with Gasteiger partial charge in [-0.25, -0.2) is 9.67 Å². The van der Waals surface area contributed by atoms with E-state index < -0.39 is 5.95 Å². The summed E-state index contributed by atoms with van der Waals surface area (Å²) < 4.78 is 32.2. The molecule has 11 heteroatoms. The molecule has 5 rings (SSSR count). The van der Waals surface area contributed by atoms with Crippen molar-refractivity contribution in [3.63, 3.8) is 0 Å². The average molecular weight is 576 g/mol. The molecule has 5 aromatic rings. The van der Waals surface area contributed by atoms with Gasteiger partial charge in [-0.15, -0.1) is 0 Å². The number of methoxy groups -OCH3 is 2. The van der Waals surface area contributed by atoms with Crippen molar-refractivity contribution >= 4 is 46.4 Å². The first-order chi connectivity index (χ1) is 19.4. The van der Waals surface area contributed by atoms with E-state index in [0.717, 1.165) is 11.3 Å². The first-order valence-corrected chi connectivity index (χ1v) is 12.6. The zero-order valence-electron chi connectivity index (χ0n) is 21.2. The quantitative estimate of drug-likeness (QED) is 0.181. The first kappa shape index (κ1) is 26.9. The molecule has 0 fully saturated rings. The minimum absolute atomic E-state index is 0.139. The molecule has 3 aromatic heterocycles. The van der Waals surface area contributed by atoms with Crippen molar-refractivity contribution < 1.29 is 18.6 Å². The summed E-state index contributed by atoms with van der Waals surface area (Å²) in [6.07, 6.45) is 3.44. The lowest BCUT2D eigenvalue weighted by atomic mass is 10.2. The molecule has 0 spiro atoms. The topological polar surface area (TPSA) is 95.1 Å². The van der Waals surface area contributed by atoms with Crippen molar-refractivity contribution in [3.05, 3.63) is 99.2 Å². The van der Waals surface area contributed by atoms with Gasteiger partial charge in [0, 0.05) is 16.5 Å². The molecule has 0 aliphatic rings. The lowest BCUT2D eigenvalue weighted by molar-refractivity contribution is 0.392. The van der Waals surface area contributed by atoms with Crippen LogP contribution >= 0.6 is 23.2 Å². The minimum atomic E-state index is -0.606. The molecular formula is C29H20Cl2FN5O3. The standard InChI is InChI=1S/C29H20Cl2FN5O3/c1-38-21-6-3-17(4-7-21)16-37-28-23(8-10-26(32)35-28)24(36-37)9-5-20-14-25(27(31)29(34-20)39-2)40-22-12-18(15-33)11-19(30)13-22/h3-14H,16H2,1-2H3/b9-5+. The van der Waals surface area contributed by atoms with E-state index in [1.807, 2.05) is 30.3 Å². The molecule has 0 radical (unpaired) electrons. The third-order valence-electron chi connectivity index (χ3n) is 5.83. The second kappa shape index (κ2) is 11.6. The molecule has 0 atom stereocenters. The van der Waals surface area contributed by atoms with E-state index in [9.17, 15) is 9.65 Å². The summed E-state index contributed by atoms with van der Waals surface area (Å²) in [4.78, 5) is 8.49. The third kappa shape index (κ3) is 5.83. The third-order valence-corrected chi connectivity index (χ3v) is 6.39. The zero-order valence-corrected chi connectivity index (χ0v) is 22.7. The summed E-state index contributed by atoms with van der Waals surface area (Å²) in [7, 11) is 3.04. The Morgan fingerprint density at radius 1 is 0.950 bits per heavy atom. The number of aromatic nitrogens is 4. The SMILES string of the molecule is COc1ccc(Cn2nc(/C=C/c3cc(Oc4cc(Cl)cc(C#N)c4)c(Cl)c(OC)n3)c3ccc(F)nc32)cc1. The van der Waals surface area contributed by atoms with Crippen LogP contribution in [0.15, 0.2) is 60.7 Å². The number of ether oxygens (including phenoxy) is 3. The first-order valence-electron chi connectivity index (χ1n) is 11.8. The van der Waals surface area contributed by atoms with Gasteiger partial charge in [-0.3, -0.25) is 0 Å². The van der Waals surface area contributed by atoms with Crippen LogP contribution in [0.25, 0.3) is 23.2 Å². The molecule has 0 aliphatic heterocycles. The number of hydrogen-bond acceptors (Lipinski definition) is 7. The number of halogens is 3. The number of benzene rings is 2. The predicted molar refractivity (Wildman–Crippen MR) is 151 cm³/mol. The summed E-state index contributed by atoms with van der Waals surface area (Å²) in [6, 6.07) is 18.7. The summed E-state index contributed by atoms with van der Waals surface area (Å²) >= 11 is 12.6. The van der Waals surface area contributed by atoms with Gasteiger partial charge in [-0.2, -0.15) is 19.7 Å². The zero-order chi connectivity index (χ0) is 28.2. The highest BCUT2D eigenvalue weighted by atomic mass is 35.5. The molecule has 0 aliphatic carbocycles. The summed E-state index contributed by atoms with van der Waals surface area (Å²) in [5, 5.41) is 15.1. The highest BCUT2D eigenvalue weighted by molar-refractivity contribution is 6.33. The molecule has 0 saturated heterocycles. The van der Waals surface area contributed by atoms with Crippen molar-refractivity contribution in [3.8, 4) is 29.2 Å². The van der Waals surface area contributed by atoms with Gasteiger partial charge in [-0.1, -0.05) is 35.3 Å². The second-order valence-corrected chi connectivity index (χ2v) is 9.30. The van der Waals surface area contributed by atoms with Gasteiger partial charge in [0.2, 0.25) is 11.8 Å². The van der Waals surface area contributed by atoms with Gasteiger partial charge in [0.25, 0.3) is 0 Å². The maximum Gasteiger partial charge on any atom is 0.236 e. The molecule has 0 saturated carbocycles. The molecule has 3 heterocycles. The molecule has 0 N–H and O–H groups in total. The maximum absolute atomic E-state index is 14.1. The van der Waals surface area contributed by atoms with Crippen molar-refractivity contribution in [1.82, 2.24) is 19.7 Å². The van der Waals surface area contributed by atoms with E-state index in [-0.39, 0.29) is 16.7 Å². The summed E-state index contributed by atoms with van der Waals surface area (Å²) in [6.45, 7) is 0.375. The highest BCUT2D eigenvalue weighted by Crippen LogP contribution is 2.37. The Bertz CT molecular complexity index is 1780. The molecule has 0 unspecified atom stereocenters. The van der Waals surface area contributed by atoms with Crippen molar-refractivity contribution in [2.45, 2.75) is 6.54 Å². The van der Waals surface area contributed by atoms with Crippen LogP contribution in [-0.2, 0) is 6.54 Å². The van der Waals surface area contributed by atoms with Crippen LogP contribution in [0.3, 0.4) is 0 Å². The number of nitriles is 1. The van der Waals surface area contributed by atoms with Gasteiger partial charge in [0.05, 0.1) is 43.8 Å². The van der Waals surface area contributed by atoms with Crippen molar-refractivity contribution in [1.29, 1.82) is 5.26 Å². The fraction of sp³-hybridized carbons (Fsp3) is 0.103. The van der Waals surface area contributed by atoms with Gasteiger partial charge in [0.1, 0.15) is 16.5 Å². The van der Waals surface area contributed by atoms with E-state index in [0.29, 0.717) is 45.3 Å². The summed E-state index contributed by atoms with van der Waals surface area (Å²) in [5.74, 6) is 0.839. The molecule has 2 aromatic carbocycles. The van der Waals surface area contributed by atoms with Crippen LogP contribution < -0.4 is 14.2 Å². The predicted octanol–water partition coefficient (Wildman–Crippen LogP) is 7.17. The number of pyridine rings is 2. The van der Waals surface area contributed by atoms with Crippen molar-refractivity contribution in [2.24, 2.45) is 0 Å². The van der Waals surface area contributed by atoms with E-state index in [1.165, 1.54) is 19.2 Å². The molecule has 0 amide bonds. The number of rotatable bonds is 8. The molecule has 200 valence electrons. The van der Waals surface area contributed by atoms with Gasteiger partial charge in [0.15, 0.2) is 11.4 Å². The number of fused-ring (bicyclic) bond motifs is 1. The van der Waals surface area contributed by atoms with Crippen LogP contribution in [-0.4, -0.2) is 34.0 Å². The fourth-order valence-corrected chi connectivity index (χ4v) is 4.40. The monoisotopic (exact) mass is 575 g/mol. The van der Waals surface area contributed by atoms with E-state index >= 15 is 0 Å². The Hall–Kier alpha value is -4.65. The van der Waals surface area contributed by atoms with Crippen LogP contribution in [0, 0.1) is 17.3 Å². The Morgan fingerprint density at radius 3 is 2.48 bits per heavy atom. The molecule has 8 nitrogen and oxygen atoms in total. The number of hydrogen-bond donors (Lipinski definition) is 0. The van der Waals surface area contributed by atoms with E-state index in [2.05, 4.69) is 15.1 Å². The van der Waals surface area contributed by atoms with Gasteiger partial charge < -0.3 is 14.2 Å². The second-order valence-electron chi connectivity index (χ2n) is 8.49.